The molecule has 0 spiro atoms. The first-order valence-electron chi connectivity index (χ1n) is 10.8. The van der Waals surface area contributed by atoms with Crippen molar-refractivity contribution >= 4 is 10.9 Å². The van der Waals surface area contributed by atoms with Crippen LogP contribution in [0.4, 0.5) is 4.39 Å². The molecule has 0 bridgehead atoms. The maximum Gasteiger partial charge on any atom is 0.132 e. The van der Waals surface area contributed by atoms with E-state index in [1.54, 1.807) is 7.11 Å². The van der Waals surface area contributed by atoms with Crippen LogP contribution >= 0.6 is 0 Å². The topological polar surface area (TPSA) is 46.1 Å². The molecule has 0 fully saturated rings. The van der Waals surface area contributed by atoms with Gasteiger partial charge in [0.25, 0.3) is 0 Å². The highest BCUT2D eigenvalue weighted by molar-refractivity contribution is 5.85. The Kier molecular flexibility index (Phi) is 5.02. The van der Waals surface area contributed by atoms with Crippen molar-refractivity contribution in [2.45, 2.75) is 39.4 Å². The lowest BCUT2D eigenvalue weighted by Crippen LogP contribution is -2.36. The number of rotatable bonds is 5. The Hall–Kier alpha value is -3.12. The smallest absolute Gasteiger partial charge is 0.132 e. The van der Waals surface area contributed by atoms with E-state index < -0.39 is 0 Å². The van der Waals surface area contributed by atoms with Gasteiger partial charge in [0, 0.05) is 59.6 Å². The summed E-state index contributed by atoms with van der Waals surface area (Å²) in [6, 6.07) is 13.3. The SMILES string of the molecule is CCn1cc(CN2CCc3c([nH]c4ccccc34)[C@H]2c2ccc(OC)cc2F)c(C)n1. The van der Waals surface area contributed by atoms with Gasteiger partial charge in [0.1, 0.15) is 11.6 Å². The van der Waals surface area contributed by atoms with Crippen molar-refractivity contribution in [3.63, 3.8) is 0 Å². The van der Waals surface area contributed by atoms with E-state index in [-0.39, 0.29) is 11.9 Å². The average Bonchev–Trinajstić information content (AvgIpc) is 3.34. The molecule has 1 aliphatic rings. The van der Waals surface area contributed by atoms with Gasteiger partial charge in [-0.1, -0.05) is 24.3 Å². The minimum absolute atomic E-state index is 0.202. The standard InChI is InChI=1S/C25H27FN4O/c1-4-30-15-17(16(2)28-30)14-29-12-11-20-19-7-5-6-8-23(19)27-24(20)25(29)21-10-9-18(31-3)13-22(21)26/h5-10,13,15,25,27H,4,11-12,14H2,1-3H3/t25-/m1/s1. The number of benzene rings is 2. The second-order valence-corrected chi connectivity index (χ2v) is 8.17. The fourth-order valence-corrected chi connectivity index (χ4v) is 4.76. The van der Waals surface area contributed by atoms with Gasteiger partial charge in [-0.25, -0.2) is 4.39 Å². The molecular formula is C25H27FN4O. The van der Waals surface area contributed by atoms with Crippen molar-refractivity contribution < 1.29 is 9.13 Å². The van der Waals surface area contributed by atoms with E-state index in [0.717, 1.165) is 43.0 Å². The number of hydrogen-bond donors (Lipinski definition) is 1. The number of nitrogens with zero attached hydrogens (tertiary/aromatic N) is 3. The predicted octanol–water partition coefficient (Wildman–Crippen LogP) is 4.99. The highest BCUT2D eigenvalue weighted by atomic mass is 19.1. The van der Waals surface area contributed by atoms with Crippen LogP contribution in [0.3, 0.4) is 0 Å². The van der Waals surface area contributed by atoms with E-state index in [9.17, 15) is 0 Å². The maximum absolute atomic E-state index is 15.3. The van der Waals surface area contributed by atoms with Crippen molar-refractivity contribution in [1.82, 2.24) is 19.7 Å². The van der Waals surface area contributed by atoms with Gasteiger partial charge in [-0.3, -0.25) is 9.58 Å². The van der Waals surface area contributed by atoms with Crippen LogP contribution in [0.1, 0.15) is 41.0 Å². The molecule has 0 saturated carbocycles. The van der Waals surface area contributed by atoms with Gasteiger partial charge >= 0.3 is 0 Å². The zero-order valence-corrected chi connectivity index (χ0v) is 18.2. The number of aryl methyl sites for hydroxylation is 2. The quantitative estimate of drug-likeness (QED) is 0.497. The first-order chi connectivity index (χ1) is 15.1. The molecule has 0 aliphatic carbocycles. The van der Waals surface area contributed by atoms with E-state index in [2.05, 4.69) is 46.3 Å². The molecule has 1 N–H and O–H groups in total. The first-order valence-corrected chi connectivity index (χ1v) is 10.8. The number of ether oxygens (including phenoxy) is 1. The maximum atomic E-state index is 15.3. The van der Waals surface area contributed by atoms with Crippen LogP contribution in [0, 0.1) is 12.7 Å². The number of aromatic amines is 1. The second kappa shape index (κ2) is 7.85. The van der Waals surface area contributed by atoms with Gasteiger partial charge in [-0.15, -0.1) is 0 Å². The van der Waals surface area contributed by atoms with Gasteiger partial charge in [0.2, 0.25) is 0 Å². The molecule has 5 nitrogen and oxygen atoms in total. The number of H-pyrrole nitrogens is 1. The summed E-state index contributed by atoms with van der Waals surface area (Å²) in [6.07, 6.45) is 3.03. The molecule has 1 atom stereocenters. The third kappa shape index (κ3) is 3.41. The third-order valence-corrected chi connectivity index (χ3v) is 6.38. The monoisotopic (exact) mass is 418 g/mol. The van der Waals surface area contributed by atoms with Crippen molar-refractivity contribution in [3.8, 4) is 5.75 Å². The van der Waals surface area contributed by atoms with Crippen LogP contribution in [0.2, 0.25) is 0 Å². The summed E-state index contributed by atoms with van der Waals surface area (Å²) in [7, 11) is 1.56. The predicted molar refractivity (Wildman–Crippen MR) is 120 cm³/mol. The van der Waals surface area contributed by atoms with Crippen molar-refractivity contribution in [2.24, 2.45) is 0 Å². The largest absolute Gasteiger partial charge is 0.497 e. The van der Waals surface area contributed by atoms with E-state index in [1.807, 2.05) is 29.8 Å². The van der Waals surface area contributed by atoms with E-state index in [1.165, 1.54) is 22.6 Å². The van der Waals surface area contributed by atoms with E-state index >= 15 is 4.39 Å². The Morgan fingerprint density at radius 2 is 2.06 bits per heavy atom. The second-order valence-electron chi connectivity index (χ2n) is 8.17. The molecule has 2 aromatic carbocycles. The summed E-state index contributed by atoms with van der Waals surface area (Å²) in [5, 5.41) is 5.83. The van der Waals surface area contributed by atoms with Crippen LogP contribution < -0.4 is 4.74 Å². The van der Waals surface area contributed by atoms with Crippen molar-refractivity contribution in [1.29, 1.82) is 0 Å². The zero-order valence-electron chi connectivity index (χ0n) is 18.2. The van der Waals surface area contributed by atoms with Gasteiger partial charge < -0.3 is 9.72 Å². The van der Waals surface area contributed by atoms with Crippen molar-refractivity contribution in [3.05, 3.63) is 82.6 Å². The van der Waals surface area contributed by atoms with Gasteiger partial charge in [0.05, 0.1) is 18.8 Å². The van der Waals surface area contributed by atoms with Gasteiger partial charge in [-0.2, -0.15) is 5.10 Å². The lowest BCUT2D eigenvalue weighted by atomic mass is 9.91. The number of aromatic nitrogens is 3. The summed E-state index contributed by atoms with van der Waals surface area (Å²) in [4.78, 5) is 5.96. The summed E-state index contributed by atoms with van der Waals surface area (Å²) in [6.45, 7) is 6.54. The molecule has 3 heterocycles. The molecule has 0 saturated heterocycles. The van der Waals surface area contributed by atoms with Gasteiger partial charge in [-0.05, 0) is 38.0 Å². The minimum atomic E-state index is -0.248. The van der Waals surface area contributed by atoms with Gasteiger partial charge in [0.15, 0.2) is 0 Å². The van der Waals surface area contributed by atoms with Crippen LogP contribution in [0.25, 0.3) is 10.9 Å². The van der Waals surface area contributed by atoms with Crippen LogP contribution in [-0.4, -0.2) is 33.3 Å². The normalized spacial score (nSPS) is 16.6. The molecule has 160 valence electrons. The Balaban J connectivity index is 1.63. The van der Waals surface area contributed by atoms with Crippen LogP contribution in [-0.2, 0) is 19.5 Å². The fourth-order valence-electron chi connectivity index (χ4n) is 4.76. The fraction of sp³-hybridized carbons (Fsp3) is 0.320. The summed E-state index contributed by atoms with van der Waals surface area (Å²) < 4.78 is 22.5. The summed E-state index contributed by atoms with van der Waals surface area (Å²) in [5.74, 6) is 0.280. The molecule has 6 heteroatoms. The molecule has 0 unspecified atom stereocenters. The Labute approximate surface area is 181 Å². The first kappa shape index (κ1) is 19.8. The van der Waals surface area contributed by atoms with Crippen molar-refractivity contribution in [2.75, 3.05) is 13.7 Å². The van der Waals surface area contributed by atoms with Crippen LogP contribution in [0.15, 0.2) is 48.7 Å². The zero-order chi connectivity index (χ0) is 21.5. The third-order valence-electron chi connectivity index (χ3n) is 6.38. The Morgan fingerprint density at radius 1 is 1.23 bits per heavy atom. The Bertz CT molecular complexity index is 1240. The summed E-state index contributed by atoms with van der Waals surface area (Å²) >= 11 is 0. The van der Waals surface area contributed by atoms with E-state index in [0.29, 0.717) is 11.3 Å². The molecule has 0 amide bonds. The number of halogens is 1. The van der Waals surface area contributed by atoms with E-state index in [4.69, 9.17) is 4.74 Å². The number of para-hydroxylation sites is 1. The average molecular weight is 419 g/mol. The number of fused-ring (bicyclic) bond motifs is 3. The number of hydrogen-bond acceptors (Lipinski definition) is 3. The molecule has 0 radical (unpaired) electrons. The molecule has 1 aliphatic heterocycles. The molecule has 2 aromatic heterocycles. The lowest BCUT2D eigenvalue weighted by Gasteiger charge is -2.36. The molecular weight excluding hydrogens is 391 g/mol. The number of methoxy groups -OCH3 is 1. The highest BCUT2D eigenvalue weighted by Gasteiger charge is 2.33. The number of nitrogens with one attached hydrogen (secondary N) is 1. The van der Waals surface area contributed by atoms with Crippen LogP contribution in [0.5, 0.6) is 5.75 Å². The minimum Gasteiger partial charge on any atom is -0.497 e. The molecule has 31 heavy (non-hydrogen) atoms. The lowest BCUT2D eigenvalue weighted by molar-refractivity contribution is 0.198. The highest BCUT2D eigenvalue weighted by Crippen LogP contribution is 2.40. The Morgan fingerprint density at radius 3 is 2.81 bits per heavy atom. The molecule has 4 aromatic rings. The summed E-state index contributed by atoms with van der Waals surface area (Å²) in [5.41, 5.74) is 6.33. The molecule has 5 rings (SSSR count).